The van der Waals surface area contributed by atoms with Gasteiger partial charge in [0.15, 0.2) is 0 Å². The maximum atomic E-state index is 9.00. The van der Waals surface area contributed by atoms with Crippen LogP contribution in [0.5, 0.6) is 11.6 Å². The Bertz CT molecular complexity index is 397. The predicted octanol–water partition coefficient (Wildman–Crippen LogP) is 1.06. The molecule has 0 amide bonds. The van der Waals surface area contributed by atoms with E-state index in [0.717, 1.165) is 0 Å². The molecule has 78 valence electrons. The second-order valence-corrected chi connectivity index (χ2v) is 2.97. The number of ether oxygens (including phenoxy) is 1. The van der Waals surface area contributed by atoms with Crippen LogP contribution in [0.15, 0.2) is 36.8 Å². The SMILES string of the molecule is Oc1ccc(OCCn2cccn2)nc1. The first kappa shape index (κ1) is 9.51. The molecule has 0 spiro atoms. The van der Waals surface area contributed by atoms with Crippen LogP contribution >= 0.6 is 0 Å². The Morgan fingerprint density at radius 2 is 2.33 bits per heavy atom. The van der Waals surface area contributed by atoms with Crippen molar-refractivity contribution >= 4 is 0 Å². The van der Waals surface area contributed by atoms with Crippen LogP contribution in [0.4, 0.5) is 0 Å². The lowest BCUT2D eigenvalue weighted by Crippen LogP contribution is -2.08. The molecule has 0 aliphatic rings. The summed E-state index contributed by atoms with van der Waals surface area (Å²) < 4.78 is 7.13. The van der Waals surface area contributed by atoms with Crippen molar-refractivity contribution in [3.05, 3.63) is 36.8 Å². The van der Waals surface area contributed by atoms with E-state index in [0.29, 0.717) is 19.0 Å². The second kappa shape index (κ2) is 4.45. The number of pyridine rings is 1. The van der Waals surface area contributed by atoms with Crippen LogP contribution in [0.25, 0.3) is 0 Å². The summed E-state index contributed by atoms with van der Waals surface area (Å²) in [6.45, 7) is 1.18. The molecule has 2 aromatic rings. The standard InChI is InChI=1S/C10H11N3O2/c14-9-2-3-10(11-8-9)15-7-6-13-5-1-4-12-13/h1-5,8,14H,6-7H2. The molecule has 5 heteroatoms. The van der Waals surface area contributed by atoms with Crippen LogP contribution in [-0.2, 0) is 6.54 Å². The van der Waals surface area contributed by atoms with E-state index in [4.69, 9.17) is 9.84 Å². The fourth-order valence-corrected chi connectivity index (χ4v) is 1.13. The number of aromatic hydroxyl groups is 1. The zero-order valence-corrected chi connectivity index (χ0v) is 8.08. The normalized spacial score (nSPS) is 10.1. The molecule has 5 nitrogen and oxygen atoms in total. The third kappa shape index (κ3) is 2.70. The fraction of sp³-hybridized carbons (Fsp3) is 0.200. The quantitative estimate of drug-likeness (QED) is 0.810. The van der Waals surface area contributed by atoms with E-state index in [-0.39, 0.29) is 5.75 Å². The van der Waals surface area contributed by atoms with Gasteiger partial charge in [-0.25, -0.2) is 4.98 Å². The van der Waals surface area contributed by atoms with E-state index < -0.39 is 0 Å². The van der Waals surface area contributed by atoms with Gasteiger partial charge in [0.25, 0.3) is 0 Å². The van der Waals surface area contributed by atoms with Gasteiger partial charge < -0.3 is 9.84 Å². The third-order valence-electron chi connectivity index (χ3n) is 1.85. The molecule has 15 heavy (non-hydrogen) atoms. The van der Waals surface area contributed by atoms with Gasteiger partial charge in [-0.15, -0.1) is 0 Å². The van der Waals surface area contributed by atoms with Crippen molar-refractivity contribution in [2.75, 3.05) is 6.61 Å². The highest BCUT2D eigenvalue weighted by molar-refractivity contribution is 5.20. The van der Waals surface area contributed by atoms with Gasteiger partial charge in [-0.2, -0.15) is 5.10 Å². The van der Waals surface area contributed by atoms with Gasteiger partial charge in [-0.05, 0) is 12.1 Å². The molecule has 0 aromatic carbocycles. The number of rotatable bonds is 4. The Morgan fingerprint density at radius 1 is 1.40 bits per heavy atom. The van der Waals surface area contributed by atoms with E-state index in [9.17, 15) is 0 Å². The van der Waals surface area contributed by atoms with Crippen molar-refractivity contribution in [3.63, 3.8) is 0 Å². The maximum Gasteiger partial charge on any atom is 0.213 e. The summed E-state index contributed by atoms with van der Waals surface area (Å²) in [5.74, 6) is 0.634. The number of hydrogen-bond donors (Lipinski definition) is 1. The lowest BCUT2D eigenvalue weighted by atomic mass is 10.4. The molecule has 0 aliphatic carbocycles. The van der Waals surface area contributed by atoms with Crippen molar-refractivity contribution < 1.29 is 9.84 Å². The Kier molecular flexibility index (Phi) is 2.82. The Labute approximate surface area is 87.0 Å². The first-order valence-electron chi connectivity index (χ1n) is 4.60. The zero-order valence-electron chi connectivity index (χ0n) is 8.08. The molecule has 2 aromatic heterocycles. The van der Waals surface area contributed by atoms with E-state index in [1.54, 1.807) is 16.9 Å². The van der Waals surface area contributed by atoms with Gasteiger partial charge in [0.1, 0.15) is 12.4 Å². The first-order valence-corrected chi connectivity index (χ1v) is 4.60. The van der Waals surface area contributed by atoms with E-state index in [1.807, 2.05) is 12.3 Å². The van der Waals surface area contributed by atoms with Crippen LogP contribution in [-0.4, -0.2) is 26.5 Å². The molecule has 1 N–H and O–H groups in total. The van der Waals surface area contributed by atoms with Crippen molar-refractivity contribution in [3.8, 4) is 11.6 Å². The highest BCUT2D eigenvalue weighted by Crippen LogP contribution is 2.11. The van der Waals surface area contributed by atoms with Gasteiger partial charge >= 0.3 is 0 Å². The van der Waals surface area contributed by atoms with Gasteiger partial charge in [0.05, 0.1) is 12.7 Å². The summed E-state index contributed by atoms with van der Waals surface area (Å²) in [4.78, 5) is 3.90. The Hall–Kier alpha value is -2.04. The summed E-state index contributed by atoms with van der Waals surface area (Å²) in [5.41, 5.74) is 0. The molecular formula is C10H11N3O2. The van der Waals surface area contributed by atoms with Crippen LogP contribution < -0.4 is 4.74 Å². The van der Waals surface area contributed by atoms with E-state index >= 15 is 0 Å². The zero-order chi connectivity index (χ0) is 10.5. The summed E-state index contributed by atoms with van der Waals surface area (Å²) in [6.07, 6.45) is 4.94. The number of nitrogens with zero attached hydrogens (tertiary/aromatic N) is 3. The first-order chi connectivity index (χ1) is 7.34. The molecule has 0 bridgehead atoms. The largest absolute Gasteiger partial charge is 0.506 e. The van der Waals surface area contributed by atoms with Gasteiger partial charge in [0.2, 0.25) is 5.88 Å². The predicted molar refractivity (Wildman–Crippen MR) is 53.6 cm³/mol. The molecule has 0 fully saturated rings. The molecule has 0 atom stereocenters. The highest BCUT2D eigenvalue weighted by atomic mass is 16.5. The van der Waals surface area contributed by atoms with E-state index in [2.05, 4.69) is 10.1 Å². The monoisotopic (exact) mass is 205 g/mol. The third-order valence-corrected chi connectivity index (χ3v) is 1.85. The van der Waals surface area contributed by atoms with Crippen LogP contribution in [0.2, 0.25) is 0 Å². The van der Waals surface area contributed by atoms with Gasteiger partial charge in [-0.1, -0.05) is 0 Å². The maximum absolute atomic E-state index is 9.00. The second-order valence-electron chi connectivity index (χ2n) is 2.97. The van der Waals surface area contributed by atoms with Crippen molar-refractivity contribution in [2.24, 2.45) is 0 Å². The van der Waals surface area contributed by atoms with Crippen LogP contribution in [0, 0.1) is 0 Å². The smallest absolute Gasteiger partial charge is 0.213 e. The van der Waals surface area contributed by atoms with Gasteiger partial charge in [0, 0.05) is 18.5 Å². The molecule has 0 radical (unpaired) electrons. The Balaban J connectivity index is 1.81. The van der Waals surface area contributed by atoms with E-state index in [1.165, 1.54) is 12.3 Å². The van der Waals surface area contributed by atoms with Crippen molar-refractivity contribution in [2.45, 2.75) is 6.54 Å². The lowest BCUT2D eigenvalue weighted by Gasteiger charge is -2.04. The molecular weight excluding hydrogens is 194 g/mol. The highest BCUT2D eigenvalue weighted by Gasteiger charge is 1.96. The topological polar surface area (TPSA) is 60.2 Å². The van der Waals surface area contributed by atoms with Crippen LogP contribution in [0.3, 0.4) is 0 Å². The minimum atomic E-state index is 0.134. The molecule has 2 rings (SSSR count). The van der Waals surface area contributed by atoms with Crippen LogP contribution in [0.1, 0.15) is 0 Å². The number of aromatic nitrogens is 3. The summed E-state index contributed by atoms with van der Waals surface area (Å²) in [7, 11) is 0. The molecule has 0 saturated carbocycles. The minimum Gasteiger partial charge on any atom is -0.506 e. The average Bonchev–Trinajstić information content (AvgIpc) is 2.74. The fourth-order valence-electron chi connectivity index (χ4n) is 1.13. The lowest BCUT2D eigenvalue weighted by molar-refractivity contribution is 0.280. The van der Waals surface area contributed by atoms with Gasteiger partial charge in [-0.3, -0.25) is 4.68 Å². The number of hydrogen-bond acceptors (Lipinski definition) is 4. The van der Waals surface area contributed by atoms with Crippen molar-refractivity contribution in [1.29, 1.82) is 0 Å². The average molecular weight is 205 g/mol. The Morgan fingerprint density at radius 3 is 3.00 bits per heavy atom. The molecule has 2 heterocycles. The summed E-state index contributed by atoms with van der Waals surface area (Å²) >= 11 is 0. The van der Waals surface area contributed by atoms with Crippen molar-refractivity contribution in [1.82, 2.24) is 14.8 Å². The molecule has 0 unspecified atom stereocenters. The molecule has 0 aliphatic heterocycles. The molecule has 0 saturated heterocycles. The summed E-state index contributed by atoms with van der Waals surface area (Å²) in [5, 5.41) is 13.0. The summed E-state index contributed by atoms with van der Waals surface area (Å²) in [6, 6.07) is 5.02. The minimum absolute atomic E-state index is 0.134.